The average Bonchev–Trinajstić information content (AvgIpc) is 3.43. The van der Waals surface area contributed by atoms with Crippen molar-refractivity contribution in [3.8, 4) is 11.3 Å². The maximum atomic E-state index is 12.7. The number of alkyl halides is 1. The minimum absolute atomic E-state index is 0.193. The van der Waals surface area contributed by atoms with Crippen LogP contribution < -0.4 is 5.32 Å². The van der Waals surface area contributed by atoms with Crippen molar-refractivity contribution in [2.75, 3.05) is 25.1 Å². The van der Waals surface area contributed by atoms with E-state index in [0.29, 0.717) is 17.9 Å². The van der Waals surface area contributed by atoms with Crippen LogP contribution in [0.5, 0.6) is 0 Å². The number of anilines is 1. The Morgan fingerprint density at radius 3 is 2.69 bits per heavy atom. The SMILES string of the molecule is Cc1ncc(-c2cnc3cnc(NCC4CCC(N5CC5CF)CC4)cc3c2)o1. The lowest BCUT2D eigenvalue weighted by Gasteiger charge is -2.30. The Labute approximate surface area is 169 Å². The molecule has 0 radical (unpaired) electrons. The van der Waals surface area contributed by atoms with Crippen molar-refractivity contribution < 1.29 is 8.81 Å². The molecule has 3 aromatic rings. The summed E-state index contributed by atoms with van der Waals surface area (Å²) in [5.41, 5.74) is 1.77. The molecule has 2 fully saturated rings. The van der Waals surface area contributed by atoms with E-state index in [9.17, 15) is 4.39 Å². The number of hydrogen-bond donors (Lipinski definition) is 1. The third-order valence-electron chi connectivity index (χ3n) is 6.27. The van der Waals surface area contributed by atoms with E-state index in [2.05, 4.69) is 31.2 Å². The van der Waals surface area contributed by atoms with Crippen LogP contribution >= 0.6 is 0 Å². The third-order valence-corrected chi connectivity index (χ3v) is 6.27. The first-order valence-electron chi connectivity index (χ1n) is 10.4. The van der Waals surface area contributed by atoms with Gasteiger partial charge in [0.25, 0.3) is 0 Å². The summed E-state index contributed by atoms with van der Waals surface area (Å²) in [6.07, 6.45) is 10.1. The lowest BCUT2D eigenvalue weighted by Crippen LogP contribution is -2.29. The number of rotatable bonds is 6. The first-order chi connectivity index (χ1) is 14.2. The van der Waals surface area contributed by atoms with Gasteiger partial charge in [-0.1, -0.05) is 0 Å². The second-order valence-corrected chi connectivity index (χ2v) is 8.29. The van der Waals surface area contributed by atoms with Crippen LogP contribution in [0.25, 0.3) is 22.2 Å². The number of nitrogens with zero attached hydrogens (tertiary/aromatic N) is 4. The number of halogens is 1. The zero-order chi connectivity index (χ0) is 19.8. The van der Waals surface area contributed by atoms with Crippen LogP contribution in [0.3, 0.4) is 0 Å². The Morgan fingerprint density at radius 1 is 1.10 bits per heavy atom. The molecule has 0 amide bonds. The zero-order valence-corrected chi connectivity index (χ0v) is 16.6. The van der Waals surface area contributed by atoms with Crippen molar-refractivity contribution in [1.29, 1.82) is 0 Å². The molecule has 3 aromatic heterocycles. The first kappa shape index (κ1) is 18.5. The molecule has 5 rings (SSSR count). The van der Waals surface area contributed by atoms with Gasteiger partial charge in [0.2, 0.25) is 0 Å². The molecule has 0 spiro atoms. The van der Waals surface area contributed by atoms with E-state index in [-0.39, 0.29) is 12.7 Å². The van der Waals surface area contributed by atoms with Gasteiger partial charge in [-0.25, -0.2) is 14.4 Å². The van der Waals surface area contributed by atoms with E-state index in [1.165, 1.54) is 25.7 Å². The van der Waals surface area contributed by atoms with E-state index in [4.69, 9.17) is 4.42 Å². The van der Waals surface area contributed by atoms with E-state index < -0.39 is 0 Å². The molecule has 2 atom stereocenters. The second-order valence-electron chi connectivity index (χ2n) is 8.29. The highest BCUT2D eigenvalue weighted by Crippen LogP contribution is 2.34. The maximum Gasteiger partial charge on any atom is 0.191 e. The van der Waals surface area contributed by atoms with E-state index in [1.54, 1.807) is 12.4 Å². The summed E-state index contributed by atoms with van der Waals surface area (Å²) in [6, 6.07) is 4.90. The van der Waals surface area contributed by atoms with Crippen LogP contribution in [0.15, 0.2) is 35.1 Å². The highest BCUT2D eigenvalue weighted by atomic mass is 19.1. The molecule has 2 unspecified atom stereocenters. The van der Waals surface area contributed by atoms with Gasteiger partial charge in [0.1, 0.15) is 12.5 Å². The van der Waals surface area contributed by atoms with Crippen molar-refractivity contribution in [1.82, 2.24) is 19.9 Å². The smallest absolute Gasteiger partial charge is 0.191 e. The molecule has 7 heteroatoms. The topological polar surface area (TPSA) is 66.8 Å². The van der Waals surface area contributed by atoms with Crippen LogP contribution in [0.2, 0.25) is 0 Å². The molecule has 152 valence electrons. The molecule has 0 bridgehead atoms. The van der Waals surface area contributed by atoms with Gasteiger partial charge < -0.3 is 9.73 Å². The van der Waals surface area contributed by atoms with Crippen molar-refractivity contribution in [2.45, 2.75) is 44.7 Å². The van der Waals surface area contributed by atoms with E-state index >= 15 is 0 Å². The molecular weight excluding hydrogens is 369 g/mol. The minimum atomic E-state index is -0.193. The lowest BCUT2D eigenvalue weighted by molar-refractivity contribution is 0.230. The summed E-state index contributed by atoms with van der Waals surface area (Å²) >= 11 is 0. The predicted molar refractivity (Wildman–Crippen MR) is 110 cm³/mol. The van der Waals surface area contributed by atoms with Gasteiger partial charge in [-0.15, -0.1) is 0 Å². The van der Waals surface area contributed by atoms with Gasteiger partial charge in [-0.2, -0.15) is 0 Å². The monoisotopic (exact) mass is 395 g/mol. The Kier molecular flexibility index (Phi) is 4.91. The molecule has 1 saturated carbocycles. The molecule has 1 N–H and O–H groups in total. The number of fused-ring (bicyclic) bond motifs is 1. The molecule has 1 aliphatic heterocycles. The van der Waals surface area contributed by atoms with Gasteiger partial charge in [0.05, 0.1) is 24.0 Å². The average molecular weight is 395 g/mol. The fourth-order valence-electron chi connectivity index (χ4n) is 4.47. The Hall–Kier alpha value is -2.54. The molecule has 2 aliphatic rings. The molecule has 6 nitrogen and oxygen atoms in total. The summed E-state index contributed by atoms with van der Waals surface area (Å²) in [4.78, 5) is 15.5. The summed E-state index contributed by atoms with van der Waals surface area (Å²) in [5.74, 6) is 2.89. The third kappa shape index (κ3) is 3.96. The van der Waals surface area contributed by atoms with Gasteiger partial charge in [-0.3, -0.25) is 9.88 Å². The molecule has 0 aromatic carbocycles. The summed E-state index contributed by atoms with van der Waals surface area (Å²) in [5, 5.41) is 4.53. The van der Waals surface area contributed by atoms with E-state index in [1.807, 2.05) is 19.2 Å². The quantitative estimate of drug-likeness (QED) is 0.631. The number of aromatic nitrogens is 3. The summed E-state index contributed by atoms with van der Waals surface area (Å²) in [6.45, 7) is 3.52. The standard InChI is InChI=1S/C22H26FN5O/c1-14-24-12-21(29-14)17-6-16-7-22(27-11-20(16)25-10-17)26-9-15-2-4-18(5-3-15)28-13-19(28)8-23/h6-7,10-12,15,18-19H,2-5,8-9,13H2,1H3,(H,26,27). The number of oxazole rings is 1. The zero-order valence-electron chi connectivity index (χ0n) is 16.6. The van der Waals surface area contributed by atoms with Gasteiger partial charge >= 0.3 is 0 Å². The molecule has 1 saturated heterocycles. The first-order valence-corrected chi connectivity index (χ1v) is 10.4. The predicted octanol–water partition coefficient (Wildman–Crippen LogP) is 4.22. The maximum absolute atomic E-state index is 12.7. The Balaban J connectivity index is 1.21. The van der Waals surface area contributed by atoms with Gasteiger partial charge in [0.15, 0.2) is 11.7 Å². The fraction of sp³-hybridized carbons (Fsp3) is 0.500. The highest BCUT2D eigenvalue weighted by molar-refractivity contribution is 5.84. The van der Waals surface area contributed by atoms with Gasteiger partial charge in [0, 0.05) is 43.2 Å². The van der Waals surface area contributed by atoms with Crippen molar-refractivity contribution in [3.63, 3.8) is 0 Å². The van der Waals surface area contributed by atoms with Crippen LogP contribution in [0.1, 0.15) is 31.6 Å². The van der Waals surface area contributed by atoms with Crippen molar-refractivity contribution in [2.24, 2.45) is 5.92 Å². The van der Waals surface area contributed by atoms with Crippen LogP contribution in [0, 0.1) is 12.8 Å². The molecular formula is C22H26FN5O. The number of nitrogens with one attached hydrogen (secondary N) is 1. The summed E-state index contributed by atoms with van der Waals surface area (Å²) < 4.78 is 18.3. The molecule has 4 heterocycles. The van der Waals surface area contributed by atoms with E-state index in [0.717, 1.165) is 41.1 Å². The normalized spacial score (nSPS) is 26.6. The molecule has 29 heavy (non-hydrogen) atoms. The fourth-order valence-corrected chi connectivity index (χ4v) is 4.47. The van der Waals surface area contributed by atoms with Crippen LogP contribution in [-0.4, -0.2) is 51.7 Å². The number of pyridine rings is 2. The number of aryl methyl sites for hydroxylation is 1. The molecule has 1 aliphatic carbocycles. The summed E-state index contributed by atoms with van der Waals surface area (Å²) in [7, 11) is 0. The highest BCUT2D eigenvalue weighted by Gasteiger charge is 2.40. The Bertz CT molecular complexity index is 998. The van der Waals surface area contributed by atoms with Crippen molar-refractivity contribution >= 4 is 16.7 Å². The lowest BCUT2D eigenvalue weighted by atomic mass is 9.86. The number of hydrogen-bond acceptors (Lipinski definition) is 6. The van der Waals surface area contributed by atoms with Crippen LogP contribution in [-0.2, 0) is 0 Å². The second kappa shape index (κ2) is 7.71. The minimum Gasteiger partial charge on any atom is -0.441 e. The van der Waals surface area contributed by atoms with Gasteiger partial charge in [-0.05, 0) is 43.7 Å². The largest absolute Gasteiger partial charge is 0.441 e. The van der Waals surface area contributed by atoms with Crippen molar-refractivity contribution in [3.05, 3.63) is 36.6 Å². The Morgan fingerprint density at radius 2 is 1.97 bits per heavy atom. The van der Waals surface area contributed by atoms with Crippen LogP contribution in [0.4, 0.5) is 10.2 Å².